The highest BCUT2D eigenvalue weighted by Crippen LogP contribution is 2.27. The molecule has 8 nitrogen and oxygen atoms in total. The Bertz CT molecular complexity index is 1000. The third kappa shape index (κ3) is 3.10. The fourth-order valence-electron chi connectivity index (χ4n) is 3.47. The number of fused-ring (bicyclic) bond motifs is 1. The molecule has 0 spiro atoms. The van der Waals surface area contributed by atoms with E-state index in [1.165, 1.54) is 5.56 Å². The fraction of sp³-hybridized carbons (Fsp3) is 0.389. The molecule has 26 heavy (non-hydrogen) atoms. The molecular formula is C18H20N6O2. The van der Waals surface area contributed by atoms with Gasteiger partial charge >= 0.3 is 0 Å². The van der Waals surface area contributed by atoms with Gasteiger partial charge < -0.3 is 4.90 Å². The van der Waals surface area contributed by atoms with Crippen molar-refractivity contribution in [3.8, 4) is 0 Å². The number of piperidine rings is 1. The molecule has 0 saturated carbocycles. The summed E-state index contributed by atoms with van der Waals surface area (Å²) in [6.07, 6.45) is 5.73. The van der Waals surface area contributed by atoms with E-state index in [2.05, 4.69) is 15.4 Å². The molecule has 1 aliphatic heterocycles. The molecule has 3 aromatic rings. The molecule has 4 rings (SSSR count). The lowest BCUT2D eigenvalue weighted by atomic mass is 9.91. The van der Waals surface area contributed by atoms with Gasteiger partial charge in [-0.15, -0.1) is 5.10 Å². The Hall–Kier alpha value is -3.03. The Kier molecular flexibility index (Phi) is 4.24. The van der Waals surface area contributed by atoms with Gasteiger partial charge in [0, 0.05) is 26.3 Å². The molecule has 1 fully saturated rings. The van der Waals surface area contributed by atoms with E-state index in [1.807, 2.05) is 19.4 Å². The molecule has 8 heteroatoms. The second-order valence-electron chi connectivity index (χ2n) is 6.67. The van der Waals surface area contributed by atoms with Gasteiger partial charge in [0.1, 0.15) is 12.1 Å². The number of nitrogens with zero attached hydrogens (tertiary/aromatic N) is 6. The quantitative estimate of drug-likeness (QED) is 0.700. The predicted molar refractivity (Wildman–Crippen MR) is 95.6 cm³/mol. The monoisotopic (exact) mass is 352 g/mol. The van der Waals surface area contributed by atoms with E-state index in [0.717, 1.165) is 17.5 Å². The van der Waals surface area contributed by atoms with Gasteiger partial charge in [0.25, 0.3) is 5.56 Å². The molecule has 2 aromatic heterocycles. The first-order valence-electron chi connectivity index (χ1n) is 8.70. The van der Waals surface area contributed by atoms with Gasteiger partial charge in [0.15, 0.2) is 0 Å². The maximum atomic E-state index is 12.6. The fourth-order valence-corrected chi connectivity index (χ4v) is 3.47. The molecule has 1 saturated heterocycles. The van der Waals surface area contributed by atoms with Crippen molar-refractivity contribution in [2.75, 3.05) is 13.1 Å². The van der Waals surface area contributed by atoms with Crippen molar-refractivity contribution in [1.82, 2.24) is 29.7 Å². The number of hydrogen-bond donors (Lipinski definition) is 0. The van der Waals surface area contributed by atoms with Crippen LogP contribution in [0.15, 0.2) is 41.5 Å². The summed E-state index contributed by atoms with van der Waals surface area (Å²) in [6, 6.07) is 7.02. The van der Waals surface area contributed by atoms with Crippen LogP contribution in [0.3, 0.4) is 0 Å². The average molecular weight is 352 g/mol. The van der Waals surface area contributed by atoms with E-state index >= 15 is 0 Å². The van der Waals surface area contributed by atoms with Crippen molar-refractivity contribution in [3.63, 3.8) is 0 Å². The van der Waals surface area contributed by atoms with Crippen LogP contribution in [0.5, 0.6) is 0 Å². The lowest BCUT2D eigenvalue weighted by Gasteiger charge is -2.31. The van der Waals surface area contributed by atoms with Gasteiger partial charge in [0.05, 0.1) is 11.6 Å². The van der Waals surface area contributed by atoms with Crippen LogP contribution in [-0.4, -0.2) is 48.7 Å². The van der Waals surface area contributed by atoms with Gasteiger partial charge in [0.2, 0.25) is 5.91 Å². The van der Waals surface area contributed by atoms with Crippen molar-refractivity contribution in [1.29, 1.82) is 0 Å². The molecule has 1 aliphatic rings. The number of amides is 1. The number of likely N-dealkylation sites (tertiary alicyclic amines) is 1. The van der Waals surface area contributed by atoms with Crippen LogP contribution < -0.4 is 5.56 Å². The smallest absolute Gasteiger partial charge is 0.278 e. The second-order valence-corrected chi connectivity index (χ2v) is 6.67. The van der Waals surface area contributed by atoms with E-state index in [4.69, 9.17) is 0 Å². The molecule has 134 valence electrons. The Morgan fingerprint density at radius 2 is 2.00 bits per heavy atom. The van der Waals surface area contributed by atoms with Gasteiger partial charge in [-0.25, -0.2) is 4.68 Å². The Morgan fingerprint density at radius 1 is 1.23 bits per heavy atom. The van der Waals surface area contributed by atoms with Crippen molar-refractivity contribution >= 4 is 16.8 Å². The van der Waals surface area contributed by atoms with Gasteiger partial charge in [-0.2, -0.15) is 5.10 Å². The van der Waals surface area contributed by atoms with Crippen LogP contribution in [-0.2, 0) is 18.4 Å². The molecule has 0 atom stereocenters. The molecule has 1 aromatic carbocycles. The number of hydrogen-bond acceptors (Lipinski definition) is 5. The van der Waals surface area contributed by atoms with E-state index in [-0.39, 0.29) is 18.0 Å². The largest absolute Gasteiger partial charge is 0.341 e. The molecule has 0 aliphatic carbocycles. The minimum absolute atomic E-state index is 0.0752. The van der Waals surface area contributed by atoms with Crippen molar-refractivity contribution in [2.24, 2.45) is 7.05 Å². The van der Waals surface area contributed by atoms with E-state index < -0.39 is 0 Å². The maximum absolute atomic E-state index is 12.6. The van der Waals surface area contributed by atoms with Gasteiger partial charge in [-0.1, -0.05) is 17.3 Å². The molecular weight excluding hydrogens is 332 g/mol. The summed E-state index contributed by atoms with van der Waals surface area (Å²) in [7, 11) is 1.91. The van der Waals surface area contributed by atoms with Crippen molar-refractivity contribution in [3.05, 3.63) is 52.6 Å². The van der Waals surface area contributed by atoms with Gasteiger partial charge in [-0.3, -0.25) is 14.3 Å². The molecule has 1 amide bonds. The summed E-state index contributed by atoms with van der Waals surface area (Å²) < 4.78 is 2.95. The molecule has 0 radical (unpaired) electrons. The molecule has 3 heterocycles. The third-order valence-electron chi connectivity index (χ3n) is 4.96. The van der Waals surface area contributed by atoms with Crippen LogP contribution >= 0.6 is 0 Å². The zero-order valence-corrected chi connectivity index (χ0v) is 14.6. The number of aryl methyl sites for hydroxylation is 1. The minimum Gasteiger partial charge on any atom is -0.341 e. The van der Waals surface area contributed by atoms with E-state index in [9.17, 15) is 9.59 Å². The number of carbonyl (C=O) groups is 1. The number of benzene rings is 1. The normalized spacial score (nSPS) is 15.5. The first-order valence-corrected chi connectivity index (χ1v) is 8.70. The maximum Gasteiger partial charge on any atom is 0.278 e. The van der Waals surface area contributed by atoms with E-state index in [0.29, 0.717) is 29.9 Å². The zero-order valence-electron chi connectivity index (χ0n) is 14.6. The summed E-state index contributed by atoms with van der Waals surface area (Å²) >= 11 is 0. The van der Waals surface area contributed by atoms with Crippen LogP contribution in [0.1, 0.15) is 24.3 Å². The van der Waals surface area contributed by atoms with Crippen molar-refractivity contribution < 1.29 is 4.79 Å². The van der Waals surface area contributed by atoms with Crippen LogP contribution in [0.2, 0.25) is 0 Å². The summed E-state index contributed by atoms with van der Waals surface area (Å²) in [5.41, 5.74) is 1.48. The highest BCUT2D eigenvalue weighted by atomic mass is 16.2. The average Bonchev–Trinajstić information content (AvgIpc) is 3.11. The first-order chi connectivity index (χ1) is 12.6. The molecule has 0 unspecified atom stereocenters. The summed E-state index contributed by atoms with van der Waals surface area (Å²) in [5, 5.41) is 12.6. The number of rotatable bonds is 3. The summed E-state index contributed by atoms with van der Waals surface area (Å²) in [4.78, 5) is 26.9. The highest BCUT2D eigenvalue weighted by Gasteiger charge is 2.25. The van der Waals surface area contributed by atoms with E-state index in [1.54, 1.807) is 33.8 Å². The second kappa shape index (κ2) is 6.70. The minimum atomic E-state index is -0.283. The highest BCUT2D eigenvalue weighted by molar-refractivity contribution is 5.78. The van der Waals surface area contributed by atoms with Crippen LogP contribution in [0.25, 0.3) is 10.9 Å². The number of carbonyl (C=O) groups excluding carboxylic acids is 1. The van der Waals surface area contributed by atoms with Crippen LogP contribution in [0, 0.1) is 0 Å². The summed E-state index contributed by atoms with van der Waals surface area (Å²) in [5.74, 6) is 0.331. The first kappa shape index (κ1) is 16.4. The summed E-state index contributed by atoms with van der Waals surface area (Å²) in [6.45, 7) is 1.27. The lowest BCUT2D eigenvalue weighted by Crippen LogP contribution is -2.41. The third-order valence-corrected chi connectivity index (χ3v) is 4.96. The lowest BCUT2D eigenvalue weighted by molar-refractivity contribution is -0.133. The van der Waals surface area contributed by atoms with Gasteiger partial charge in [-0.05, 0) is 36.5 Å². The Morgan fingerprint density at radius 3 is 2.73 bits per heavy atom. The van der Waals surface area contributed by atoms with Crippen molar-refractivity contribution in [2.45, 2.75) is 25.3 Å². The van der Waals surface area contributed by atoms with Crippen LogP contribution in [0.4, 0.5) is 0 Å². The molecule has 0 bridgehead atoms. The zero-order chi connectivity index (χ0) is 18.1. The topological polar surface area (TPSA) is 85.9 Å². The molecule has 0 N–H and O–H groups in total. The standard InChI is InChI=1S/C18H20N6O2/c1-22-11-14(10-19-22)13-6-8-23(9-7-13)17(25)12-24-18(26)15-4-2-3-5-16(15)20-21-24/h2-5,10-11,13H,6-9,12H2,1H3. The predicted octanol–water partition coefficient (Wildman–Crippen LogP) is 0.931. The Labute approximate surface area is 150 Å². The number of aromatic nitrogens is 5. The SMILES string of the molecule is Cn1cc(C2CCN(C(=O)Cn3nnc4ccccc4c3=O)CC2)cn1. The Balaban J connectivity index is 1.43.